The van der Waals surface area contributed by atoms with Crippen molar-refractivity contribution in [1.29, 1.82) is 0 Å². The molecule has 1 aliphatic heterocycles. The summed E-state index contributed by atoms with van der Waals surface area (Å²) < 4.78 is 6.51. The van der Waals surface area contributed by atoms with Gasteiger partial charge in [0, 0.05) is 25.5 Å². The van der Waals surface area contributed by atoms with Crippen LogP contribution in [-0.2, 0) is 9.53 Å². The van der Waals surface area contributed by atoms with Crippen LogP contribution in [0.5, 0.6) is 0 Å². The van der Waals surface area contributed by atoms with E-state index in [4.69, 9.17) is 4.74 Å². The third-order valence-corrected chi connectivity index (χ3v) is 4.47. The molecule has 0 radical (unpaired) electrons. The van der Waals surface area contributed by atoms with Crippen molar-refractivity contribution in [2.24, 2.45) is 0 Å². The number of carbonyl (C=O) groups is 2. The molecule has 10 nitrogen and oxygen atoms in total. The van der Waals surface area contributed by atoms with Gasteiger partial charge in [0.2, 0.25) is 0 Å². The van der Waals surface area contributed by atoms with Gasteiger partial charge in [-0.15, -0.1) is 0 Å². The maximum Gasteiger partial charge on any atom is 0.305 e. The zero-order chi connectivity index (χ0) is 19.4. The van der Waals surface area contributed by atoms with Gasteiger partial charge < -0.3 is 15.2 Å². The van der Waals surface area contributed by atoms with Gasteiger partial charge in [-0.1, -0.05) is 12.1 Å². The highest BCUT2D eigenvalue weighted by Gasteiger charge is 2.37. The summed E-state index contributed by atoms with van der Waals surface area (Å²) in [6.07, 6.45) is 2.00. The van der Waals surface area contributed by atoms with Gasteiger partial charge in [0.15, 0.2) is 5.69 Å². The number of hydrogen-bond donors (Lipinski definition) is 2. The lowest BCUT2D eigenvalue weighted by molar-refractivity contribution is -0.384. The number of para-hydroxylation sites is 2. The minimum Gasteiger partial charge on any atom is -0.481 e. The van der Waals surface area contributed by atoms with Crippen LogP contribution >= 0.6 is 0 Å². The normalized spacial score (nSPS) is 15.9. The van der Waals surface area contributed by atoms with Crippen LogP contribution in [0.15, 0.2) is 36.5 Å². The van der Waals surface area contributed by atoms with Crippen molar-refractivity contribution in [3.05, 3.63) is 52.3 Å². The molecule has 0 atom stereocenters. The maximum atomic E-state index is 12.6. The van der Waals surface area contributed by atoms with E-state index >= 15 is 0 Å². The van der Waals surface area contributed by atoms with Crippen LogP contribution < -0.4 is 5.32 Å². The number of aliphatic carboxylic acids is 1. The van der Waals surface area contributed by atoms with Crippen LogP contribution in [0.2, 0.25) is 0 Å². The molecule has 1 fully saturated rings. The first-order chi connectivity index (χ1) is 12.9. The summed E-state index contributed by atoms with van der Waals surface area (Å²) in [6.45, 7) is 0.719. The minimum atomic E-state index is -1.01. The number of rotatable bonds is 6. The van der Waals surface area contributed by atoms with E-state index in [1.807, 2.05) is 0 Å². The molecule has 2 heterocycles. The number of hydrogen-bond acceptors (Lipinski definition) is 6. The van der Waals surface area contributed by atoms with Crippen LogP contribution in [0.4, 0.5) is 5.69 Å². The molecule has 0 spiro atoms. The second-order valence-corrected chi connectivity index (χ2v) is 6.31. The Balaban J connectivity index is 1.83. The SMILES string of the molecule is O=C(O)CC1(NC(=O)c2ccn(-c3ccccc3[N+](=O)[O-])n2)CCOCC1. The Kier molecular flexibility index (Phi) is 5.17. The largest absolute Gasteiger partial charge is 0.481 e. The average molecular weight is 374 g/mol. The third kappa shape index (κ3) is 4.11. The highest BCUT2D eigenvalue weighted by atomic mass is 16.6. The molecule has 0 bridgehead atoms. The second kappa shape index (κ2) is 7.54. The summed E-state index contributed by atoms with van der Waals surface area (Å²) in [7, 11) is 0. The molecule has 27 heavy (non-hydrogen) atoms. The van der Waals surface area contributed by atoms with Crippen molar-refractivity contribution in [3.8, 4) is 5.69 Å². The zero-order valence-electron chi connectivity index (χ0n) is 14.3. The number of carboxylic acid groups (broad SMARTS) is 1. The summed E-state index contributed by atoms with van der Waals surface area (Å²) in [5.41, 5.74) is -0.763. The van der Waals surface area contributed by atoms with Gasteiger partial charge in [0.05, 0.1) is 16.9 Å². The molecular formula is C17H18N4O6. The zero-order valence-corrected chi connectivity index (χ0v) is 14.3. The number of benzene rings is 1. The van der Waals surface area contributed by atoms with E-state index < -0.39 is 22.3 Å². The highest BCUT2D eigenvalue weighted by Crippen LogP contribution is 2.26. The van der Waals surface area contributed by atoms with Crippen LogP contribution in [0.25, 0.3) is 5.69 Å². The van der Waals surface area contributed by atoms with Crippen LogP contribution in [0.3, 0.4) is 0 Å². The topological polar surface area (TPSA) is 137 Å². The molecule has 142 valence electrons. The van der Waals surface area contributed by atoms with Crippen molar-refractivity contribution in [3.63, 3.8) is 0 Å². The lowest BCUT2D eigenvalue weighted by Crippen LogP contribution is -2.53. The predicted octanol–water partition coefficient (Wildman–Crippen LogP) is 1.53. The van der Waals surface area contributed by atoms with E-state index in [0.717, 1.165) is 0 Å². The predicted molar refractivity (Wildman–Crippen MR) is 92.7 cm³/mol. The number of carbonyl (C=O) groups excluding carboxylic acids is 1. The quantitative estimate of drug-likeness (QED) is 0.578. The lowest BCUT2D eigenvalue weighted by Gasteiger charge is -2.36. The number of nitrogens with zero attached hydrogens (tertiary/aromatic N) is 3. The first-order valence-corrected chi connectivity index (χ1v) is 8.32. The van der Waals surface area contributed by atoms with Crippen LogP contribution in [-0.4, -0.2) is 50.4 Å². The van der Waals surface area contributed by atoms with Gasteiger partial charge >= 0.3 is 5.97 Å². The Morgan fingerprint density at radius 3 is 2.67 bits per heavy atom. The smallest absolute Gasteiger partial charge is 0.305 e. The minimum absolute atomic E-state index is 0.0457. The van der Waals surface area contributed by atoms with Crippen molar-refractivity contribution in [2.75, 3.05) is 13.2 Å². The molecule has 2 aromatic rings. The molecule has 1 aliphatic rings. The first-order valence-electron chi connectivity index (χ1n) is 8.32. The Morgan fingerprint density at radius 2 is 2.00 bits per heavy atom. The average Bonchev–Trinajstić information content (AvgIpc) is 3.12. The Hall–Kier alpha value is -3.27. The number of nitrogens with one attached hydrogen (secondary N) is 1. The fourth-order valence-corrected chi connectivity index (χ4v) is 3.09. The maximum absolute atomic E-state index is 12.6. The fourth-order valence-electron chi connectivity index (χ4n) is 3.09. The van der Waals surface area contributed by atoms with Gasteiger partial charge in [-0.05, 0) is 25.0 Å². The number of amides is 1. The molecule has 0 saturated carbocycles. The summed E-state index contributed by atoms with van der Waals surface area (Å²) >= 11 is 0. The lowest BCUT2D eigenvalue weighted by atomic mass is 9.86. The number of aromatic nitrogens is 2. The Morgan fingerprint density at radius 1 is 1.30 bits per heavy atom. The van der Waals surface area contributed by atoms with E-state index in [-0.39, 0.29) is 23.5 Å². The molecule has 1 aromatic carbocycles. The molecule has 2 N–H and O–H groups in total. The third-order valence-electron chi connectivity index (χ3n) is 4.47. The Bertz CT molecular complexity index is 872. The van der Waals surface area contributed by atoms with Crippen LogP contribution in [0, 0.1) is 10.1 Å². The molecular weight excluding hydrogens is 356 g/mol. The van der Waals surface area contributed by atoms with E-state index in [2.05, 4.69) is 10.4 Å². The summed E-state index contributed by atoms with van der Waals surface area (Å²) in [5.74, 6) is -1.54. The summed E-state index contributed by atoms with van der Waals surface area (Å²) in [6, 6.07) is 7.48. The molecule has 1 amide bonds. The standard InChI is InChI=1S/C17H18N4O6/c22-15(23)11-17(6-9-27-10-7-17)18-16(24)12-5-8-20(19-12)13-3-1-2-4-14(13)21(25)26/h1-5,8H,6-7,9-11H2,(H,18,24)(H,22,23). The molecule has 0 unspecified atom stereocenters. The first kappa shape index (κ1) is 18.5. The summed E-state index contributed by atoms with van der Waals surface area (Å²) in [4.78, 5) is 34.4. The highest BCUT2D eigenvalue weighted by molar-refractivity contribution is 5.93. The van der Waals surface area contributed by atoms with Crippen molar-refractivity contribution in [2.45, 2.75) is 24.8 Å². The van der Waals surface area contributed by atoms with Gasteiger partial charge in [-0.2, -0.15) is 5.10 Å². The van der Waals surface area contributed by atoms with Crippen molar-refractivity contribution >= 4 is 17.6 Å². The van der Waals surface area contributed by atoms with E-state index in [1.54, 1.807) is 12.1 Å². The number of carboxylic acids is 1. The Labute approximate surface area is 153 Å². The van der Waals surface area contributed by atoms with Crippen molar-refractivity contribution in [1.82, 2.24) is 15.1 Å². The second-order valence-electron chi connectivity index (χ2n) is 6.31. The molecule has 3 rings (SSSR count). The van der Waals surface area contributed by atoms with Gasteiger partial charge in [0.1, 0.15) is 5.69 Å². The number of nitro benzene ring substituents is 1. The summed E-state index contributed by atoms with van der Waals surface area (Å²) in [5, 5.41) is 27.2. The van der Waals surface area contributed by atoms with Crippen molar-refractivity contribution < 1.29 is 24.4 Å². The van der Waals surface area contributed by atoms with Gasteiger partial charge in [-0.3, -0.25) is 19.7 Å². The van der Waals surface area contributed by atoms with E-state index in [9.17, 15) is 24.8 Å². The van der Waals surface area contributed by atoms with E-state index in [1.165, 1.54) is 29.1 Å². The number of ether oxygens (including phenoxy) is 1. The van der Waals surface area contributed by atoms with Crippen LogP contribution in [0.1, 0.15) is 29.8 Å². The monoisotopic (exact) mass is 374 g/mol. The van der Waals surface area contributed by atoms with E-state index in [0.29, 0.717) is 26.1 Å². The molecule has 1 aromatic heterocycles. The molecule has 10 heteroatoms. The molecule has 1 saturated heterocycles. The molecule has 0 aliphatic carbocycles. The van der Waals surface area contributed by atoms with Gasteiger partial charge in [-0.25, -0.2) is 4.68 Å². The number of nitro groups is 1. The fraction of sp³-hybridized carbons (Fsp3) is 0.353. The van der Waals surface area contributed by atoms with Gasteiger partial charge in [0.25, 0.3) is 11.6 Å².